The molecule has 0 aromatic heterocycles. The van der Waals surface area contributed by atoms with Gasteiger partial charge >= 0.3 is 5.97 Å². The number of aromatic carboxylic acids is 1. The van der Waals surface area contributed by atoms with Gasteiger partial charge in [0.15, 0.2) is 0 Å². The van der Waals surface area contributed by atoms with E-state index in [1.807, 2.05) is 25.1 Å². The van der Waals surface area contributed by atoms with Crippen molar-refractivity contribution in [2.45, 2.75) is 17.7 Å². The van der Waals surface area contributed by atoms with Crippen LogP contribution in [0.15, 0.2) is 53.4 Å². The summed E-state index contributed by atoms with van der Waals surface area (Å²) in [4.78, 5) is 11.0. The summed E-state index contributed by atoms with van der Waals surface area (Å²) in [6.07, 6.45) is 0. The fourth-order valence-electron chi connectivity index (χ4n) is 2.70. The van der Waals surface area contributed by atoms with Gasteiger partial charge in [0.25, 0.3) is 10.0 Å². The summed E-state index contributed by atoms with van der Waals surface area (Å²) in [6, 6.07) is 12.7. The highest BCUT2D eigenvalue weighted by Crippen LogP contribution is 2.39. The van der Waals surface area contributed by atoms with Gasteiger partial charge in [-0.25, -0.2) is 13.2 Å². The molecular weight excluding hydrogens is 302 g/mol. The van der Waals surface area contributed by atoms with Crippen molar-refractivity contribution in [1.29, 1.82) is 0 Å². The molecular formula is C16H15NO4S. The molecule has 0 fully saturated rings. The first kappa shape index (κ1) is 14.6. The Morgan fingerprint density at radius 2 is 1.77 bits per heavy atom. The topological polar surface area (TPSA) is 74.7 Å². The van der Waals surface area contributed by atoms with E-state index in [2.05, 4.69) is 0 Å². The lowest BCUT2D eigenvalue weighted by Gasteiger charge is -2.19. The summed E-state index contributed by atoms with van der Waals surface area (Å²) < 4.78 is 27.0. The van der Waals surface area contributed by atoms with E-state index < -0.39 is 16.0 Å². The summed E-state index contributed by atoms with van der Waals surface area (Å²) in [5.74, 6) is -0.951. The third kappa shape index (κ3) is 2.25. The van der Waals surface area contributed by atoms with E-state index >= 15 is 0 Å². The van der Waals surface area contributed by atoms with E-state index in [-0.39, 0.29) is 16.4 Å². The molecule has 0 bridgehead atoms. The van der Waals surface area contributed by atoms with Gasteiger partial charge in [0, 0.05) is 12.5 Å². The number of rotatable bonds is 3. The normalized spacial score (nSPS) is 17.3. The second-order valence-corrected chi connectivity index (χ2v) is 7.19. The zero-order valence-electron chi connectivity index (χ0n) is 11.9. The number of nitrogens with zero attached hydrogens (tertiary/aromatic N) is 1. The number of hydrogen-bond acceptors (Lipinski definition) is 3. The van der Waals surface area contributed by atoms with Crippen LogP contribution in [0.3, 0.4) is 0 Å². The molecule has 0 aliphatic carbocycles. The molecule has 3 rings (SSSR count). The quantitative estimate of drug-likeness (QED) is 0.944. The Morgan fingerprint density at radius 3 is 2.41 bits per heavy atom. The Bertz CT molecular complexity index is 827. The first-order chi connectivity index (χ1) is 10.4. The van der Waals surface area contributed by atoms with Crippen LogP contribution in [0.2, 0.25) is 0 Å². The largest absolute Gasteiger partial charge is 0.478 e. The van der Waals surface area contributed by atoms with Gasteiger partial charge in [0.2, 0.25) is 0 Å². The summed E-state index contributed by atoms with van der Waals surface area (Å²) in [5, 5.41) is 8.90. The third-order valence-electron chi connectivity index (χ3n) is 3.87. The highest BCUT2D eigenvalue weighted by Gasteiger charge is 2.34. The van der Waals surface area contributed by atoms with Crippen molar-refractivity contribution in [1.82, 2.24) is 0 Å². The molecule has 114 valence electrons. The standard InChI is InChI=1S/C16H15NO4S/c1-11-10-17(15-5-3-2-4-14(11)15)22(20,21)13-8-6-12(7-9-13)16(18)19/h2-9,11H,10H2,1H3,(H,18,19)/t11-/m1/s1. The maximum atomic E-state index is 12.8. The number of para-hydroxylation sites is 1. The van der Waals surface area contributed by atoms with E-state index in [0.29, 0.717) is 12.2 Å². The van der Waals surface area contributed by atoms with Crippen molar-refractivity contribution in [2.24, 2.45) is 0 Å². The van der Waals surface area contributed by atoms with Gasteiger partial charge in [0.1, 0.15) is 0 Å². The monoisotopic (exact) mass is 317 g/mol. The van der Waals surface area contributed by atoms with Crippen LogP contribution in [0.5, 0.6) is 0 Å². The summed E-state index contributed by atoms with van der Waals surface area (Å²) >= 11 is 0. The van der Waals surface area contributed by atoms with Crippen LogP contribution in [0, 0.1) is 0 Å². The average molecular weight is 317 g/mol. The Labute approximate surface area is 128 Å². The van der Waals surface area contributed by atoms with Crippen molar-refractivity contribution in [2.75, 3.05) is 10.8 Å². The van der Waals surface area contributed by atoms with Crippen LogP contribution in [-0.2, 0) is 10.0 Å². The molecule has 0 amide bonds. The first-order valence-electron chi connectivity index (χ1n) is 6.86. The van der Waals surface area contributed by atoms with Crippen LogP contribution >= 0.6 is 0 Å². The minimum atomic E-state index is -3.69. The number of anilines is 1. The number of carboxylic acid groups (broad SMARTS) is 1. The molecule has 2 aromatic carbocycles. The molecule has 1 aliphatic heterocycles. The van der Waals surface area contributed by atoms with Gasteiger partial charge in [0.05, 0.1) is 16.1 Å². The van der Waals surface area contributed by atoms with Crippen LogP contribution < -0.4 is 4.31 Å². The maximum Gasteiger partial charge on any atom is 0.335 e. The van der Waals surface area contributed by atoms with E-state index in [1.54, 1.807) is 6.07 Å². The lowest BCUT2D eigenvalue weighted by atomic mass is 10.0. The Hall–Kier alpha value is -2.34. The molecule has 6 heteroatoms. The second kappa shape index (κ2) is 5.14. The summed E-state index contributed by atoms with van der Waals surface area (Å²) in [5.41, 5.74) is 1.76. The third-order valence-corrected chi connectivity index (χ3v) is 5.66. The molecule has 1 N–H and O–H groups in total. The maximum absolute atomic E-state index is 12.8. The van der Waals surface area contributed by atoms with Crippen LogP contribution in [-0.4, -0.2) is 26.0 Å². The van der Waals surface area contributed by atoms with Gasteiger partial charge in [-0.3, -0.25) is 4.31 Å². The molecule has 1 atom stereocenters. The minimum absolute atomic E-state index is 0.0640. The van der Waals surface area contributed by atoms with E-state index in [1.165, 1.54) is 28.6 Å². The van der Waals surface area contributed by atoms with Gasteiger partial charge in [-0.15, -0.1) is 0 Å². The molecule has 5 nitrogen and oxygen atoms in total. The smallest absolute Gasteiger partial charge is 0.335 e. The minimum Gasteiger partial charge on any atom is -0.478 e. The number of carboxylic acids is 1. The summed E-state index contributed by atoms with van der Waals surface area (Å²) in [7, 11) is -3.69. The van der Waals surface area contributed by atoms with Gasteiger partial charge in [-0.2, -0.15) is 0 Å². The molecule has 1 aliphatic rings. The predicted molar refractivity (Wildman–Crippen MR) is 82.8 cm³/mol. The van der Waals surface area contributed by atoms with Gasteiger partial charge in [-0.1, -0.05) is 25.1 Å². The molecule has 0 saturated heterocycles. The Balaban J connectivity index is 2.02. The van der Waals surface area contributed by atoms with E-state index in [4.69, 9.17) is 5.11 Å². The fraction of sp³-hybridized carbons (Fsp3) is 0.188. The van der Waals surface area contributed by atoms with Crippen molar-refractivity contribution in [3.8, 4) is 0 Å². The van der Waals surface area contributed by atoms with Crippen LogP contribution in [0.4, 0.5) is 5.69 Å². The average Bonchev–Trinajstić information content (AvgIpc) is 2.86. The number of carbonyl (C=O) groups is 1. The van der Waals surface area contributed by atoms with E-state index in [0.717, 1.165) is 5.56 Å². The molecule has 0 radical (unpaired) electrons. The van der Waals surface area contributed by atoms with Crippen molar-refractivity contribution >= 4 is 21.7 Å². The number of hydrogen-bond donors (Lipinski definition) is 1. The number of benzene rings is 2. The fourth-order valence-corrected chi connectivity index (χ4v) is 4.28. The molecule has 1 heterocycles. The highest BCUT2D eigenvalue weighted by atomic mass is 32.2. The Morgan fingerprint density at radius 1 is 1.14 bits per heavy atom. The molecule has 0 saturated carbocycles. The Kier molecular flexibility index (Phi) is 3.41. The molecule has 2 aromatic rings. The number of sulfonamides is 1. The molecule has 0 unspecified atom stereocenters. The lowest BCUT2D eigenvalue weighted by Crippen LogP contribution is -2.29. The van der Waals surface area contributed by atoms with Crippen LogP contribution in [0.1, 0.15) is 28.8 Å². The summed E-state index contributed by atoms with van der Waals surface area (Å²) in [6.45, 7) is 2.38. The highest BCUT2D eigenvalue weighted by molar-refractivity contribution is 7.92. The zero-order chi connectivity index (χ0) is 15.9. The second-order valence-electron chi connectivity index (χ2n) is 5.33. The van der Waals surface area contributed by atoms with Crippen LogP contribution in [0.25, 0.3) is 0 Å². The van der Waals surface area contributed by atoms with Crippen molar-refractivity contribution in [3.05, 3.63) is 59.7 Å². The van der Waals surface area contributed by atoms with Crippen molar-refractivity contribution < 1.29 is 18.3 Å². The number of fused-ring (bicyclic) bond motifs is 1. The van der Waals surface area contributed by atoms with Gasteiger partial charge in [-0.05, 0) is 35.9 Å². The molecule has 0 spiro atoms. The van der Waals surface area contributed by atoms with Gasteiger partial charge < -0.3 is 5.11 Å². The predicted octanol–water partition coefficient (Wildman–Crippen LogP) is 2.70. The zero-order valence-corrected chi connectivity index (χ0v) is 12.7. The van der Waals surface area contributed by atoms with E-state index in [9.17, 15) is 13.2 Å². The van der Waals surface area contributed by atoms with Crippen molar-refractivity contribution in [3.63, 3.8) is 0 Å². The first-order valence-corrected chi connectivity index (χ1v) is 8.30. The lowest BCUT2D eigenvalue weighted by molar-refractivity contribution is 0.0696. The SMILES string of the molecule is C[C@@H]1CN(S(=O)(=O)c2ccc(C(=O)O)cc2)c2ccccc21. The molecule has 22 heavy (non-hydrogen) atoms.